The van der Waals surface area contributed by atoms with Crippen LogP contribution in [0.15, 0.2) is 9.79 Å². The van der Waals surface area contributed by atoms with Gasteiger partial charge in [-0.3, -0.25) is 9.79 Å². The molecular weight excluding hydrogens is 412 g/mol. The van der Waals surface area contributed by atoms with Crippen molar-refractivity contribution in [3.63, 3.8) is 0 Å². The number of aliphatic hydroxyl groups is 6. The number of rotatable bonds is 11. The fraction of sp³-hybridized carbons (Fsp3) is 0.737. The number of aliphatic hydroxyl groups excluding tert-OH is 6. The molecule has 1 fully saturated rings. The van der Waals surface area contributed by atoms with Crippen molar-refractivity contribution in [2.24, 2.45) is 10.9 Å². The third-order valence-corrected chi connectivity index (χ3v) is 5.22. The lowest BCUT2D eigenvalue weighted by Gasteiger charge is -2.40. The van der Waals surface area contributed by atoms with E-state index in [1.807, 2.05) is 0 Å². The van der Waals surface area contributed by atoms with E-state index in [0.29, 0.717) is 18.8 Å². The molecule has 2 heterocycles. The number of aromatic amines is 1. The minimum absolute atomic E-state index is 0.0867. The Balaban J connectivity index is 2.12. The molecule has 12 heteroatoms. The van der Waals surface area contributed by atoms with Gasteiger partial charge in [0, 0.05) is 38.3 Å². The van der Waals surface area contributed by atoms with Gasteiger partial charge in [-0.2, -0.15) is 0 Å². The summed E-state index contributed by atoms with van der Waals surface area (Å²) in [6, 6.07) is 0. The number of anilines is 1. The highest BCUT2D eigenvalue weighted by Crippen LogP contribution is 2.24. The zero-order valence-electron chi connectivity index (χ0n) is 17.4. The normalized spacial score (nSPS) is 26.6. The van der Waals surface area contributed by atoms with Crippen LogP contribution in [-0.2, 0) is 11.2 Å². The van der Waals surface area contributed by atoms with E-state index >= 15 is 0 Å². The van der Waals surface area contributed by atoms with Gasteiger partial charge in [-0.05, 0) is 19.8 Å². The van der Waals surface area contributed by atoms with Crippen LogP contribution in [0.4, 0.5) is 11.5 Å². The Morgan fingerprint density at radius 1 is 1.16 bits per heavy atom. The van der Waals surface area contributed by atoms with Crippen molar-refractivity contribution in [1.82, 2.24) is 9.97 Å². The lowest BCUT2D eigenvalue weighted by Crippen LogP contribution is -2.58. The number of aliphatic imine (C=N–C) groups is 1. The maximum Gasteiger partial charge on any atom is 0.278 e. The van der Waals surface area contributed by atoms with Crippen LogP contribution in [-0.4, -0.2) is 104 Å². The topological polar surface area (TPSA) is 201 Å². The first-order valence-electron chi connectivity index (χ1n) is 10.2. The third kappa shape index (κ3) is 6.53. The second-order valence-corrected chi connectivity index (χ2v) is 7.45. The Labute approximate surface area is 179 Å². The summed E-state index contributed by atoms with van der Waals surface area (Å²) in [4.78, 5) is 23.5. The van der Waals surface area contributed by atoms with E-state index in [-0.39, 0.29) is 43.5 Å². The van der Waals surface area contributed by atoms with E-state index in [9.17, 15) is 35.4 Å². The fourth-order valence-corrected chi connectivity index (χ4v) is 3.34. The number of ether oxygens (including phenoxy) is 1. The van der Waals surface area contributed by atoms with Gasteiger partial charge >= 0.3 is 0 Å². The van der Waals surface area contributed by atoms with E-state index in [1.54, 1.807) is 6.92 Å². The van der Waals surface area contributed by atoms with Gasteiger partial charge in [0.2, 0.25) is 0 Å². The highest BCUT2D eigenvalue weighted by molar-refractivity contribution is 5.67. The van der Waals surface area contributed by atoms with Crippen LogP contribution in [0.1, 0.15) is 25.6 Å². The molecular formula is C19H32N4O8. The predicted octanol–water partition coefficient (Wildman–Crippen LogP) is -2.33. The van der Waals surface area contributed by atoms with Crippen LogP contribution in [0.25, 0.3) is 0 Å². The quantitative estimate of drug-likeness (QED) is 0.171. The van der Waals surface area contributed by atoms with Gasteiger partial charge in [-0.15, -0.1) is 0 Å². The molecule has 1 unspecified atom stereocenters. The second-order valence-electron chi connectivity index (χ2n) is 7.45. The number of hydrogen-bond acceptors (Lipinski definition) is 11. The van der Waals surface area contributed by atoms with Crippen molar-refractivity contribution in [2.75, 3.05) is 31.7 Å². The minimum Gasteiger partial charge on any atom is -0.396 e. The van der Waals surface area contributed by atoms with Gasteiger partial charge in [-0.25, -0.2) is 4.98 Å². The van der Waals surface area contributed by atoms with Gasteiger partial charge in [0.15, 0.2) is 11.5 Å². The lowest BCUT2D eigenvalue weighted by molar-refractivity contribution is -0.230. The number of nitrogens with zero attached hydrogens (tertiary/aromatic N) is 2. The average molecular weight is 444 g/mol. The molecule has 2 rings (SSSR count). The fourth-order valence-electron chi connectivity index (χ4n) is 3.34. The van der Waals surface area contributed by atoms with Crippen molar-refractivity contribution in [3.8, 4) is 0 Å². The molecule has 0 aromatic carbocycles. The van der Waals surface area contributed by atoms with Crippen LogP contribution in [0.3, 0.4) is 0 Å². The number of hydrogen-bond donors (Lipinski definition) is 8. The summed E-state index contributed by atoms with van der Waals surface area (Å²) < 4.78 is 5.47. The molecule has 1 aliphatic rings. The van der Waals surface area contributed by atoms with Gasteiger partial charge in [0.25, 0.3) is 5.56 Å². The first-order chi connectivity index (χ1) is 14.9. The Kier molecular flexibility index (Phi) is 9.96. The highest BCUT2D eigenvalue weighted by Gasteiger charge is 2.43. The first-order valence-corrected chi connectivity index (χ1v) is 10.2. The molecule has 0 bridgehead atoms. The molecule has 0 amide bonds. The summed E-state index contributed by atoms with van der Waals surface area (Å²) in [6.45, 7) is 1.16. The van der Waals surface area contributed by atoms with Crippen LogP contribution in [0.2, 0.25) is 0 Å². The molecule has 0 radical (unpaired) electrons. The van der Waals surface area contributed by atoms with Crippen molar-refractivity contribution >= 4 is 17.7 Å². The summed E-state index contributed by atoms with van der Waals surface area (Å²) in [5.74, 6) is 0.235. The van der Waals surface area contributed by atoms with Crippen molar-refractivity contribution in [3.05, 3.63) is 16.2 Å². The second kappa shape index (κ2) is 12.2. The molecule has 31 heavy (non-hydrogen) atoms. The summed E-state index contributed by atoms with van der Waals surface area (Å²) in [7, 11) is 0. The zero-order valence-corrected chi connectivity index (χ0v) is 17.4. The summed E-state index contributed by atoms with van der Waals surface area (Å²) >= 11 is 0. The molecule has 1 aromatic heterocycles. The molecule has 8 N–H and O–H groups in total. The molecule has 1 aromatic rings. The molecule has 0 aliphatic carbocycles. The Morgan fingerprint density at radius 3 is 2.45 bits per heavy atom. The monoisotopic (exact) mass is 444 g/mol. The molecule has 1 saturated heterocycles. The number of aryl methyl sites for hydroxylation is 1. The van der Waals surface area contributed by atoms with Gasteiger partial charge in [0.05, 0.1) is 12.7 Å². The van der Waals surface area contributed by atoms with E-state index in [0.717, 1.165) is 0 Å². The van der Waals surface area contributed by atoms with Crippen molar-refractivity contribution in [1.29, 1.82) is 0 Å². The molecule has 176 valence electrons. The van der Waals surface area contributed by atoms with E-state index in [2.05, 4.69) is 20.3 Å². The number of nitrogens with one attached hydrogen (secondary N) is 2. The SMILES string of the molecule is CC=Nc1c(NCCC(CO)CO)nc(CCC2O[C@H](CO)[C@H](O)[C@H](O)[C@H]2O)[nH]c1=O. The van der Waals surface area contributed by atoms with Crippen LogP contribution in [0, 0.1) is 5.92 Å². The Bertz CT molecular complexity index is 768. The number of H-pyrrole nitrogens is 1. The van der Waals surface area contributed by atoms with E-state index in [1.165, 1.54) is 6.21 Å². The molecule has 5 atom stereocenters. The summed E-state index contributed by atoms with van der Waals surface area (Å²) in [6.07, 6.45) is -3.88. The Hall–Kier alpha value is -1.93. The van der Waals surface area contributed by atoms with E-state index in [4.69, 9.17) is 4.74 Å². The predicted molar refractivity (Wildman–Crippen MR) is 112 cm³/mol. The maximum absolute atomic E-state index is 12.5. The van der Waals surface area contributed by atoms with Gasteiger partial charge in [-0.1, -0.05) is 0 Å². The van der Waals surface area contributed by atoms with Crippen molar-refractivity contribution in [2.45, 2.75) is 56.7 Å². The smallest absolute Gasteiger partial charge is 0.278 e. The molecule has 12 nitrogen and oxygen atoms in total. The standard InChI is InChI=1S/C19H32N4O8/c1-2-20-14-18(21-6-5-10(7-24)8-25)22-13(23-19(14)30)4-3-11-15(27)17(29)16(28)12(9-26)31-11/h2,10-12,15-17,24-29H,3-9H2,1H3,(H2,21,22,23,30)/t11?,12-,15+,16+,17-/m1/s1. The lowest BCUT2D eigenvalue weighted by atomic mass is 9.93. The third-order valence-electron chi connectivity index (χ3n) is 5.22. The molecule has 0 saturated carbocycles. The summed E-state index contributed by atoms with van der Waals surface area (Å²) in [5, 5.41) is 60.6. The first kappa shape index (κ1) is 25.3. The summed E-state index contributed by atoms with van der Waals surface area (Å²) in [5.41, 5.74) is -0.385. The van der Waals surface area contributed by atoms with Crippen molar-refractivity contribution < 1.29 is 35.4 Å². The minimum atomic E-state index is -1.47. The van der Waals surface area contributed by atoms with Gasteiger partial charge in [0.1, 0.15) is 30.2 Å². The number of aromatic nitrogens is 2. The molecule has 0 spiro atoms. The maximum atomic E-state index is 12.5. The van der Waals surface area contributed by atoms with Gasteiger partial charge < -0.3 is 45.7 Å². The van der Waals surface area contributed by atoms with Crippen LogP contribution >= 0.6 is 0 Å². The highest BCUT2D eigenvalue weighted by atomic mass is 16.5. The van der Waals surface area contributed by atoms with Crippen LogP contribution in [0.5, 0.6) is 0 Å². The van der Waals surface area contributed by atoms with Crippen LogP contribution < -0.4 is 10.9 Å². The molecule has 1 aliphatic heterocycles. The average Bonchev–Trinajstić information content (AvgIpc) is 2.76. The largest absolute Gasteiger partial charge is 0.396 e. The Morgan fingerprint density at radius 2 is 1.84 bits per heavy atom. The van der Waals surface area contributed by atoms with E-state index < -0.39 is 42.7 Å². The zero-order chi connectivity index (χ0) is 23.0.